The number of ether oxygens (including phenoxy) is 2. The number of rotatable bonds is 8. The summed E-state index contributed by atoms with van der Waals surface area (Å²) in [5.41, 5.74) is 5.79. The third kappa shape index (κ3) is 5.28. The summed E-state index contributed by atoms with van der Waals surface area (Å²) in [6, 6.07) is 5.74. The van der Waals surface area contributed by atoms with Crippen molar-refractivity contribution in [2.24, 2.45) is 5.92 Å². The van der Waals surface area contributed by atoms with E-state index >= 15 is 0 Å². The quantitative estimate of drug-likeness (QED) is 0.565. The van der Waals surface area contributed by atoms with Gasteiger partial charge in [0, 0.05) is 47.1 Å². The molecule has 2 aliphatic heterocycles. The monoisotopic (exact) mass is 480 g/mol. The molecule has 1 aliphatic carbocycles. The lowest BCUT2D eigenvalue weighted by atomic mass is 9.85. The Morgan fingerprint density at radius 1 is 1.35 bits per heavy atom. The molecule has 8 heteroatoms. The van der Waals surface area contributed by atoms with Crippen molar-refractivity contribution in [3.63, 3.8) is 0 Å². The molecule has 7 nitrogen and oxygen atoms in total. The zero-order chi connectivity index (χ0) is 23.5. The average molecular weight is 481 g/mol. The lowest BCUT2D eigenvalue weighted by Gasteiger charge is -2.30. The van der Waals surface area contributed by atoms with Crippen LogP contribution in [-0.2, 0) is 4.74 Å². The number of hydrogen-bond acceptors (Lipinski definition) is 7. The van der Waals surface area contributed by atoms with Gasteiger partial charge in [0.15, 0.2) is 0 Å². The van der Waals surface area contributed by atoms with Crippen LogP contribution in [0.1, 0.15) is 60.7 Å². The minimum absolute atomic E-state index is 0.152. The van der Waals surface area contributed by atoms with Crippen LogP contribution in [0.15, 0.2) is 48.4 Å². The molecule has 2 fully saturated rings. The molecule has 5 rings (SSSR count). The van der Waals surface area contributed by atoms with Crippen molar-refractivity contribution in [2.75, 3.05) is 19.8 Å². The number of hydrazine groups is 1. The fraction of sp³-hybridized carbons (Fsp3) is 0.462. The maximum Gasteiger partial charge on any atom is 0.253 e. The number of amides is 1. The molecule has 0 bridgehead atoms. The van der Waals surface area contributed by atoms with Gasteiger partial charge >= 0.3 is 0 Å². The van der Waals surface area contributed by atoms with Crippen LogP contribution in [-0.4, -0.2) is 41.9 Å². The molecule has 2 atom stereocenters. The Morgan fingerprint density at radius 2 is 2.24 bits per heavy atom. The summed E-state index contributed by atoms with van der Waals surface area (Å²) in [6.07, 6.45) is 12.4. The van der Waals surface area contributed by atoms with E-state index in [1.54, 1.807) is 11.3 Å². The predicted octanol–water partition coefficient (Wildman–Crippen LogP) is 4.81. The Hall–Kier alpha value is -2.84. The molecule has 1 amide bonds. The number of nitrogens with zero attached hydrogens (tertiary/aromatic N) is 2. The predicted molar refractivity (Wildman–Crippen MR) is 133 cm³/mol. The molecule has 2 aromatic rings. The Bertz CT molecular complexity index is 1090. The van der Waals surface area contributed by atoms with Gasteiger partial charge in [0.05, 0.1) is 13.2 Å². The average Bonchev–Trinajstić information content (AvgIpc) is 3.49. The lowest BCUT2D eigenvalue weighted by Crippen LogP contribution is -2.49. The molecule has 0 spiro atoms. The van der Waals surface area contributed by atoms with Crippen LogP contribution in [0.2, 0.25) is 0 Å². The summed E-state index contributed by atoms with van der Waals surface area (Å²) in [7, 11) is 0. The molecule has 0 radical (unpaired) electrons. The Kier molecular flexibility index (Phi) is 6.87. The van der Waals surface area contributed by atoms with Crippen LogP contribution < -0.4 is 15.5 Å². The second kappa shape index (κ2) is 10.2. The molecule has 3 heterocycles. The van der Waals surface area contributed by atoms with Crippen molar-refractivity contribution in [3.8, 4) is 16.3 Å². The fourth-order valence-corrected chi connectivity index (χ4v) is 5.29. The van der Waals surface area contributed by atoms with Crippen LogP contribution in [0.25, 0.3) is 10.6 Å². The van der Waals surface area contributed by atoms with E-state index in [1.807, 2.05) is 61.7 Å². The first kappa shape index (κ1) is 22.9. The molecule has 34 heavy (non-hydrogen) atoms. The van der Waals surface area contributed by atoms with Crippen LogP contribution >= 0.6 is 11.3 Å². The Labute approximate surface area is 204 Å². The molecular formula is C26H32N4O3S. The maximum absolute atomic E-state index is 13.2. The highest BCUT2D eigenvalue weighted by Gasteiger charge is 2.23. The van der Waals surface area contributed by atoms with Crippen molar-refractivity contribution in [1.29, 1.82) is 0 Å². The van der Waals surface area contributed by atoms with Gasteiger partial charge in [0.1, 0.15) is 16.9 Å². The zero-order valence-electron chi connectivity index (χ0n) is 19.8. The van der Waals surface area contributed by atoms with Crippen molar-refractivity contribution < 1.29 is 14.3 Å². The van der Waals surface area contributed by atoms with Gasteiger partial charge in [0.25, 0.3) is 5.91 Å². The highest BCUT2D eigenvalue weighted by atomic mass is 32.1. The van der Waals surface area contributed by atoms with E-state index < -0.39 is 0 Å². The topological polar surface area (TPSA) is 75.7 Å². The Balaban J connectivity index is 1.35. The number of thiazole rings is 1. The maximum atomic E-state index is 13.2. The van der Waals surface area contributed by atoms with Gasteiger partial charge in [-0.1, -0.05) is 6.42 Å². The van der Waals surface area contributed by atoms with Gasteiger partial charge < -0.3 is 20.2 Å². The number of nitrogens with one attached hydrogen (secondary N) is 2. The smallest absolute Gasteiger partial charge is 0.253 e. The molecule has 1 aromatic carbocycles. The van der Waals surface area contributed by atoms with Crippen molar-refractivity contribution >= 4 is 17.2 Å². The third-order valence-corrected chi connectivity index (χ3v) is 7.86. The first-order chi connectivity index (χ1) is 16.5. The summed E-state index contributed by atoms with van der Waals surface area (Å²) < 4.78 is 11.6. The normalized spacial score (nSPS) is 20.9. The van der Waals surface area contributed by atoms with Crippen molar-refractivity contribution in [3.05, 3.63) is 58.9 Å². The van der Waals surface area contributed by atoms with Crippen LogP contribution in [0, 0.1) is 5.92 Å². The standard InChI is InChI=1S/C26H32N4O3S/c1-17-6-8-30(28-13-17)18(2)29-25(31)21-10-22(26-27-14-24(34-26)20-4-3-5-20)12-23(11-21)33-16-19-7-9-32-15-19/h6,8,10-14,18-20,28H,3-5,7,9,15-16H2,1-2H3,(H,29,31)/t18?,19-/m0/s1. The number of carbonyl (C=O) groups excluding carboxylic acids is 1. The van der Waals surface area contributed by atoms with E-state index in [-0.39, 0.29) is 12.1 Å². The summed E-state index contributed by atoms with van der Waals surface area (Å²) >= 11 is 1.73. The summed E-state index contributed by atoms with van der Waals surface area (Å²) in [5.74, 6) is 1.57. The van der Waals surface area contributed by atoms with Crippen LogP contribution in [0.5, 0.6) is 5.75 Å². The molecule has 1 saturated heterocycles. The summed E-state index contributed by atoms with van der Waals surface area (Å²) in [6.45, 7) is 6.06. The highest BCUT2D eigenvalue weighted by Crippen LogP contribution is 2.41. The number of benzene rings is 1. The van der Waals surface area contributed by atoms with Gasteiger partial charge in [-0.15, -0.1) is 11.3 Å². The van der Waals surface area contributed by atoms with E-state index in [0.29, 0.717) is 29.8 Å². The van der Waals surface area contributed by atoms with Gasteiger partial charge in [0.2, 0.25) is 0 Å². The second-order valence-electron chi connectivity index (χ2n) is 9.37. The third-order valence-electron chi connectivity index (χ3n) is 6.65. The first-order valence-corrected chi connectivity index (χ1v) is 12.9. The van der Waals surface area contributed by atoms with Gasteiger partial charge in [-0.3, -0.25) is 9.80 Å². The van der Waals surface area contributed by atoms with Gasteiger partial charge in [-0.25, -0.2) is 4.98 Å². The Morgan fingerprint density at radius 3 is 2.94 bits per heavy atom. The molecular weight excluding hydrogens is 448 g/mol. The minimum atomic E-state index is -0.234. The van der Waals surface area contributed by atoms with Crippen LogP contribution in [0.4, 0.5) is 0 Å². The minimum Gasteiger partial charge on any atom is -0.493 e. The van der Waals surface area contributed by atoms with Crippen molar-refractivity contribution in [1.82, 2.24) is 20.7 Å². The van der Waals surface area contributed by atoms with E-state index in [2.05, 4.69) is 15.7 Å². The molecule has 1 aromatic heterocycles. The van der Waals surface area contributed by atoms with Gasteiger partial charge in [-0.05, 0) is 68.9 Å². The van der Waals surface area contributed by atoms with Crippen molar-refractivity contribution in [2.45, 2.75) is 51.6 Å². The molecule has 1 saturated carbocycles. The fourth-order valence-electron chi connectivity index (χ4n) is 4.22. The second-order valence-corrected chi connectivity index (χ2v) is 10.4. The molecule has 2 N–H and O–H groups in total. The zero-order valence-corrected chi connectivity index (χ0v) is 20.6. The lowest BCUT2D eigenvalue weighted by molar-refractivity contribution is 0.0877. The summed E-state index contributed by atoms with van der Waals surface area (Å²) in [4.78, 5) is 19.3. The highest BCUT2D eigenvalue weighted by molar-refractivity contribution is 7.15. The molecule has 180 valence electrons. The first-order valence-electron chi connectivity index (χ1n) is 12.1. The van der Waals surface area contributed by atoms with E-state index in [9.17, 15) is 4.79 Å². The number of aromatic nitrogens is 1. The number of carbonyl (C=O) groups is 1. The number of hydrogen-bond donors (Lipinski definition) is 2. The van der Waals surface area contributed by atoms with E-state index in [1.165, 1.54) is 24.1 Å². The molecule has 1 unspecified atom stereocenters. The van der Waals surface area contributed by atoms with E-state index in [0.717, 1.165) is 35.8 Å². The largest absolute Gasteiger partial charge is 0.493 e. The summed E-state index contributed by atoms with van der Waals surface area (Å²) in [5, 5.41) is 5.87. The number of allylic oxidation sites excluding steroid dienone is 2. The van der Waals surface area contributed by atoms with Crippen LogP contribution in [0.3, 0.4) is 0 Å². The van der Waals surface area contributed by atoms with E-state index in [4.69, 9.17) is 9.47 Å². The van der Waals surface area contributed by atoms with Gasteiger partial charge in [-0.2, -0.15) is 0 Å². The SMILES string of the molecule is CC1=CNN(C(C)NC(=O)c2cc(OC[C@H]3CCOC3)cc(-c3ncc(C4CCC4)s3)c2)C=C1. The molecule has 3 aliphatic rings.